The van der Waals surface area contributed by atoms with E-state index in [0.29, 0.717) is 13.2 Å². The van der Waals surface area contributed by atoms with Crippen molar-refractivity contribution in [1.82, 2.24) is 4.90 Å². The third kappa shape index (κ3) is 4.39. The second-order valence-electron chi connectivity index (χ2n) is 5.36. The van der Waals surface area contributed by atoms with Crippen LogP contribution in [0.15, 0.2) is 48.5 Å². The van der Waals surface area contributed by atoms with Crippen LogP contribution in [0.1, 0.15) is 11.1 Å². The molecule has 122 valence electrons. The Labute approximate surface area is 132 Å². The predicted molar refractivity (Wildman–Crippen MR) is 79.2 cm³/mol. The van der Waals surface area contributed by atoms with Gasteiger partial charge in [0.1, 0.15) is 18.1 Å². The zero-order valence-electron chi connectivity index (χ0n) is 12.3. The van der Waals surface area contributed by atoms with E-state index < -0.39 is 6.36 Å². The zero-order chi connectivity index (χ0) is 16.3. The van der Waals surface area contributed by atoms with Gasteiger partial charge in [0.05, 0.1) is 0 Å². The van der Waals surface area contributed by atoms with E-state index in [4.69, 9.17) is 4.74 Å². The van der Waals surface area contributed by atoms with E-state index in [0.717, 1.165) is 30.0 Å². The first-order valence-corrected chi connectivity index (χ1v) is 7.27. The Morgan fingerprint density at radius 2 is 1.78 bits per heavy atom. The molecule has 0 bridgehead atoms. The standard InChI is InChI=1S/C17H16F3NO2/c18-17(19,20)23-15-7-5-13(6-8-15)11-21-9-10-22-16-4-2-1-3-14(16)12-21/h1-8H,9-12H2. The van der Waals surface area contributed by atoms with Gasteiger partial charge in [-0.1, -0.05) is 30.3 Å². The molecule has 1 heterocycles. The predicted octanol–water partition coefficient (Wildman–Crippen LogP) is 3.98. The normalized spacial score (nSPS) is 15.4. The molecular formula is C17H16F3NO2. The maximum absolute atomic E-state index is 12.2. The van der Waals surface area contributed by atoms with Crippen LogP contribution >= 0.6 is 0 Å². The minimum Gasteiger partial charge on any atom is -0.492 e. The van der Waals surface area contributed by atoms with Crippen LogP contribution in [0.3, 0.4) is 0 Å². The molecule has 0 atom stereocenters. The second-order valence-corrected chi connectivity index (χ2v) is 5.36. The number of fused-ring (bicyclic) bond motifs is 1. The summed E-state index contributed by atoms with van der Waals surface area (Å²) < 4.78 is 46.1. The van der Waals surface area contributed by atoms with Gasteiger partial charge in [0.25, 0.3) is 0 Å². The number of hydrogen-bond donors (Lipinski definition) is 0. The van der Waals surface area contributed by atoms with Crippen molar-refractivity contribution in [3.8, 4) is 11.5 Å². The monoisotopic (exact) mass is 323 g/mol. The molecule has 23 heavy (non-hydrogen) atoms. The van der Waals surface area contributed by atoms with Crippen LogP contribution in [0.2, 0.25) is 0 Å². The highest BCUT2D eigenvalue weighted by molar-refractivity contribution is 5.34. The van der Waals surface area contributed by atoms with Gasteiger partial charge in [-0.25, -0.2) is 0 Å². The average molecular weight is 323 g/mol. The van der Waals surface area contributed by atoms with E-state index in [1.165, 1.54) is 12.1 Å². The minimum absolute atomic E-state index is 0.203. The molecule has 0 saturated heterocycles. The molecule has 1 aliphatic heterocycles. The summed E-state index contributed by atoms with van der Waals surface area (Å²) in [5.74, 6) is 0.690. The van der Waals surface area contributed by atoms with E-state index in [1.807, 2.05) is 24.3 Å². The summed E-state index contributed by atoms with van der Waals surface area (Å²) in [5, 5.41) is 0. The lowest BCUT2D eigenvalue weighted by molar-refractivity contribution is -0.274. The quantitative estimate of drug-likeness (QED) is 0.853. The van der Waals surface area contributed by atoms with Crippen LogP contribution in [0.25, 0.3) is 0 Å². The van der Waals surface area contributed by atoms with Crippen LogP contribution < -0.4 is 9.47 Å². The molecule has 6 heteroatoms. The first-order chi connectivity index (χ1) is 11.0. The Kier molecular flexibility index (Phi) is 4.43. The summed E-state index contributed by atoms with van der Waals surface area (Å²) in [6.07, 6.45) is -4.66. The lowest BCUT2D eigenvalue weighted by Crippen LogP contribution is -2.25. The molecule has 1 aliphatic rings. The van der Waals surface area contributed by atoms with Crippen molar-refractivity contribution in [2.24, 2.45) is 0 Å². The largest absolute Gasteiger partial charge is 0.573 e. The van der Waals surface area contributed by atoms with Gasteiger partial charge in [-0.3, -0.25) is 4.90 Å². The zero-order valence-corrected chi connectivity index (χ0v) is 12.3. The summed E-state index contributed by atoms with van der Waals surface area (Å²) in [6.45, 7) is 2.74. The molecule has 2 aromatic rings. The van der Waals surface area contributed by atoms with Crippen LogP contribution in [0, 0.1) is 0 Å². The third-order valence-corrected chi connectivity index (χ3v) is 3.59. The molecule has 0 saturated carbocycles. The second kappa shape index (κ2) is 6.50. The SMILES string of the molecule is FC(F)(F)Oc1ccc(CN2CCOc3ccccc3C2)cc1. The van der Waals surface area contributed by atoms with Gasteiger partial charge in [0.2, 0.25) is 0 Å². The number of para-hydroxylation sites is 1. The molecule has 0 aromatic heterocycles. The summed E-state index contributed by atoms with van der Waals surface area (Å²) in [6, 6.07) is 13.9. The van der Waals surface area contributed by atoms with Crippen LogP contribution in [0.4, 0.5) is 13.2 Å². The van der Waals surface area contributed by atoms with Crippen LogP contribution in [-0.4, -0.2) is 24.4 Å². The van der Waals surface area contributed by atoms with E-state index in [-0.39, 0.29) is 5.75 Å². The summed E-state index contributed by atoms with van der Waals surface area (Å²) in [4.78, 5) is 2.20. The third-order valence-electron chi connectivity index (χ3n) is 3.59. The molecule has 0 unspecified atom stereocenters. The highest BCUT2D eigenvalue weighted by Gasteiger charge is 2.30. The molecule has 0 fully saturated rings. The molecule has 0 radical (unpaired) electrons. The fraction of sp³-hybridized carbons (Fsp3) is 0.294. The first kappa shape index (κ1) is 15.7. The highest BCUT2D eigenvalue weighted by atomic mass is 19.4. The van der Waals surface area contributed by atoms with Gasteiger partial charge in [-0.05, 0) is 23.8 Å². The van der Waals surface area contributed by atoms with Gasteiger partial charge in [0.15, 0.2) is 0 Å². The molecule has 0 N–H and O–H groups in total. The Balaban J connectivity index is 1.65. The van der Waals surface area contributed by atoms with Gasteiger partial charge in [-0.2, -0.15) is 0 Å². The molecule has 0 aliphatic carbocycles. The van der Waals surface area contributed by atoms with E-state index in [1.54, 1.807) is 12.1 Å². The molecule has 0 amide bonds. The lowest BCUT2D eigenvalue weighted by atomic mass is 10.1. The molecular weight excluding hydrogens is 307 g/mol. The van der Waals surface area contributed by atoms with Crippen molar-refractivity contribution < 1.29 is 22.6 Å². The fourth-order valence-electron chi connectivity index (χ4n) is 2.57. The Hall–Kier alpha value is -2.21. The molecule has 3 nitrogen and oxygen atoms in total. The number of ether oxygens (including phenoxy) is 2. The van der Waals surface area contributed by atoms with E-state index >= 15 is 0 Å². The summed E-state index contributed by atoms with van der Waals surface area (Å²) >= 11 is 0. The molecule has 0 spiro atoms. The maximum Gasteiger partial charge on any atom is 0.573 e. The number of benzene rings is 2. The first-order valence-electron chi connectivity index (χ1n) is 7.27. The lowest BCUT2D eigenvalue weighted by Gasteiger charge is -2.19. The Morgan fingerprint density at radius 3 is 2.52 bits per heavy atom. The molecule has 2 aromatic carbocycles. The van der Waals surface area contributed by atoms with Gasteiger partial charge < -0.3 is 9.47 Å². The Bertz CT molecular complexity index is 656. The van der Waals surface area contributed by atoms with Crippen molar-refractivity contribution in [2.75, 3.05) is 13.2 Å². The number of rotatable bonds is 3. The van der Waals surface area contributed by atoms with Crippen molar-refractivity contribution in [1.29, 1.82) is 0 Å². The fourth-order valence-corrected chi connectivity index (χ4v) is 2.57. The van der Waals surface area contributed by atoms with Crippen molar-refractivity contribution in [2.45, 2.75) is 19.5 Å². The smallest absolute Gasteiger partial charge is 0.492 e. The summed E-state index contributed by atoms with van der Waals surface area (Å²) in [5.41, 5.74) is 2.04. The number of halogens is 3. The topological polar surface area (TPSA) is 21.7 Å². The van der Waals surface area contributed by atoms with E-state index in [9.17, 15) is 13.2 Å². The Morgan fingerprint density at radius 1 is 1.04 bits per heavy atom. The van der Waals surface area contributed by atoms with Crippen molar-refractivity contribution in [3.05, 3.63) is 59.7 Å². The van der Waals surface area contributed by atoms with Gasteiger partial charge in [0, 0.05) is 25.2 Å². The van der Waals surface area contributed by atoms with Crippen molar-refractivity contribution in [3.63, 3.8) is 0 Å². The number of alkyl halides is 3. The maximum atomic E-state index is 12.2. The summed E-state index contributed by atoms with van der Waals surface area (Å²) in [7, 11) is 0. The molecule has 3 rings (SSSR count). The van der Waals surface area contributed by atoms with Gasteiger partial charge in [-0.15, -0.1) is 13.2 Å². The van der Waals surface area contributed by atoms with Crippen LogP contribution in [-0.2, 0) is 13.1 Å². The highest BCUT2D eigenvalue weighted by Crippen LogP contribution is 2.25. The van der Waals surface area contributed by atoms with E-state index in [2.05, 4.69) is 9.64 Å². The minimum atomic E-state index is -4.66. The van der Waals surface area contributed by atoms with Gasteiger partial charge >= 0.3 is 6.36 Å². The van der Waals surface area contributed by atoms with Crippen LogP contribution in [0.5, 0.6) is 11.5 Å². The number of nitrogens with zero attached hydrogens (tertiary/aromatic N) is 1. The van der Waals surface area contributed by atoms with Crippen molar-refractivity contribution >= 4 is 0 Å². The average Bonchev–Trinajstić information content (AvgIpc) is 2.69. The number of hydrogen-bond acceptors (Lipinski definition) is 3.